The van der Waals surface area contributed by atoms with E-state index in [0.717, 1.165) is 11.4 Å². The fourth-order valence-corrected chi connectivity index (χ4v) is 4.26. The molecule has 0 unspecified atom stereocenters. The van der Waals surface area contributed by atoms with Crippen molar-refractivity contribution >= 4 is 32.4 Å². The molecule has 0 bridgehead atoms. The zero-order valence-electron chi connectivity index (χ0n) is 13.5. The van der Waals surface area contributed by atoms with E-state index in [0.29, 0.717) is 18.2 Å². The van der Waals surface area contributed by atoms with Crippen LogP contribution >= 0.6 is 11.3 Å². The summed E-state index contributed by atoms with van der Waals surface area (Å²) in [7, 11) is -3.66. The van der Waals surface area contributed by atoms with Crippen LogP contribution in [0.1, 0.15) is 46.0 Å². The molecule has 0 radical (unpaired) electrons. The lowest BCUT2D eigenvalue weighted by atomic mass is 9.98. The molecule has 124 valence electrons. The third kappa shape index (κ3) is 3.02. The number of hydrogen-bond acceptors (Lipinski definition) is 6. The molecule has 1 N–H and O–H groups in total. The Morgan fingerprint density at radius 1 is 1.18 bits per heavy atom. The second-order valence-corrected chi connectivity index (χ2v) is 10.3. The monoisotopic (exact) mass is 346 g/mol. The molecule has 1 aromatic heterocycles. The number of anilines is 1. The third-order valence-corrected chi connectivity index (χ3v) is 7.42. The van der Waals surface area contributed by atoms with Crippen molar-refractivity contribution in [2.75, 3.05) is 18.4 Å². The SMILES string of the molecule is CC(C)(C)c1nnc(NC(=O)C(C)(C)S(=O)(=O)N2CCC2)s1. The maximum Gasteiger partial charge on any atom is 0.248 e. The summed E-state index contributed by atoms with van der Waals surface area (Å²) in [6, 6.07) is 0. The minimum atomic E-state index is -3.66. The summed E-state index contributed by atoms with van der Waals surface area (Å²) in [5.74, 6) is -0.587. The molecule has 2 heterocycles. The predicted octanol–water partition coefficient (Wildman–Crippen LogP) is 1.59. The first-order valence-electron chi connectivity index (χ1n) is 7.11. The van der Waals surface area contributed by atoms with Crippen LogP contribution in [-0.2, 0) is 20.2 Å². The van der Waals surface area contributed by atoms with E-state index in [-0.39, 0.29) is 5.41 Å². The lowest BCUT2D eigenvalue weighted by Crippen LogP contribution is -2.55. The van der Waals surface area contributed by atoms with Crippen molar-refractivity contribution in [3.8, 4) is 0 Å². The first-order chi connectivity index (χ1) is 9.96. The van der Waals surface area contributed by atoms with E-state index in [1.165, 1.54) is 29.5 Å². The zero-order valence-corrected chi connectivity index (χ0v) is 15.1. The highest BCUT2D eigenvalue weighted by molar-refractivity contribution is 7.91. The van der Waals surface area contributed by atoms with Gasteiger partial charge in [-0.1, -0.05) is 32.1 Å². The quantitative estimate of drug-likeness (QED) is 0.894. The van der Waals surface area contributed by atoms with Crippen molar-refractivity contribution in [3.05, 3.63) is 5.01 Å². The number of carbonyl (C=O) groups is 1. The van der Waals surface area contributed by atoms with Gasteiger partial charge < -0.3 is 0 Å². The second-order valence-electron chi connectivity index (χ2n) is 6.88. The van der Waals surface area contributed by atoms with E-state index < -0.39 is 20.7 Å². The molecule has 22 heavy (non-hydrogen) atoms. The Bertz CT molecular complexity index is 670. The van der Waals surface area contributed by atoms with Crippen LogP contribution in [0.5, 0.6) is 0 Å². The summed E-state index contributed by atoms with van der Waals surface area (Å²) < 4.78 is 24.7. The molecule has 0 spiro atoms. The van der Waals surface area contributed by atoms with Gasteiger partial charge in [0, 0.05) is 18.5 Å². The fourth-order valence-electron chi connectivity index (χ4n) is 1.79. The number of carbonyl (C=O) groups excluding carboxylic acids is 1. The second kappa shape index (κ2) is 5.54. The van der Waals surface area contributed by atoms with Gasteiger partial charge in [0.2, 0.25) is 21.1 Å². The molecule has 2 rings (SSSR count). The Labute approximate surface area is 135 Å². The molecule has 9 heteroatoms. The van der Waals surface area contributed by atoms with Crippen molar-refractivity contribution in [2.24, 2.45) is 0 Å². The number of hydrogen-bond donors (Lipinski definition) is 1. The maximum absolute atomic E-state index is 12.5. The fraction of sp³-hybridized carbons (Fsp3) is 0.769. The molecule has 7 nitrogen and oxygen atoms in total. The summed E-state index contributed by atoms with van der Waals surface area (Å²) in [6.45, 7) is 9.79. The van der Waals surface area contributed by atoms with E-state index >= 15 is 0 Å². The minimum Gasteiger partial charge on any atom is -0.299 e. The van der Waals surface area contributed by atoms with Gasteiger partial charge in [-0.25, -0.2) is 12.7 Å². The van der Waals surface area contributed by atoms with Crippen molar-refractivity contribution < 1.29 is 13.2 Å². The summed E-state index contributed by atoms with van der Waals surface area (Å²) in [4.78, 5) is 12.4. The Balaban J connectivity index is 2.16. The minimum absolute atomic E-state index is 0.167. The van der Waals surface area contributed by atoms with E-state index in [1.54, 1.807) is 0 Å². The van der Waals surface area contributed by atoms with Crippen LogP contribution < -0.4 is 5.32 Å². The molecule has 0 saturated carbocycles. The van der Waals surface area contributed by atoms with E-state index in [2.05, 4.69) is 15.5 Å². The van der Waals surface area contributed by atoms with Gasteiger partial charge in [-0.15, -0.1) is 10.2 Å². The lowest BCUT2D eigenvalue weighted by molar-refractivity contribution is -0.118. The molecule has 0 atom stereocenters. The number of sulfonamides is 1. The molecular weight excluding hydrogens is 324 g/mol. The molecule has 1 saturated heterocycles. The van der Waals surface area contributed by atoms with Gasteiger partial charge in [-0.3, -0.25) is 10.1 Å². The number of nitrogens with zero attached hydrogens (tertiary/aromatic N) is 3. The maximum atomic E-state index is 12.5. The van der Waals surface area contributed by atoms with E-state index in [1.807, 2.05) is 20.8 Å². The third-order valence-electron chi connectivity index (χ3n) is 3.63. The van der Waals surface area contributed by atoms with Gasteiger partial charge in [0.1, 0.15) is 5.01 Å². The van der Waals surface area contributed by atoms with E-state index in [4.69, 9.17) is 0 Å². The smallest absolute Gasteiger partial charge is 0.248 e. The largest absolute Gasteiger partial charge is 0.299 e. The van der Waals surface area contributed by atoms with Crippen LogP contribution in [0.3, 0.4) is 0 Å². The van der Waals surface area contributed by atoms with Gasteiger partial charge in [0.25, 0.3) is 0 Å². The topological polar surface area (TPSA) is 92.3 Å². The van der Waals surface area contributed by atoms with Crippen molar-refractivity contribution in [1.29, 1.82) is 0 Å². The Hall–Kier alpha value is -1.06. The van der Waals surface area contributed by atoms with Gasteiger partial charge in [-0.05, 0) is 20.3 Å². The van der Waals surface area contributed by atoms with E-state index in [9.17, 15) is 13.2 Å². The highest BCUT2D eigenvalue weighted by Crippen LogP contribution is 2.30. The Morgan fingerprint density at radius 2 is 1.77 bits per heavy atom. The number of amides is 1. The highest BCUT2D eigenvalue weighted by Gasteiger charge is 2.47. The van der Waals surface area contributed by atoms with Gasteiger partial charge in [0.05, 0.1) is 0 Å². The van der Waals surface area contributed by atoms with Crippen LogP contribution in [0, 0.1) is 0 Å². The van der Waals surface area contributed by atoms with Gasteiger partial charge >= 0.3 is 0 Å². The number of nitrogens with one attached hydrogen (secondary N) is 1. The summed E-state index contributed by atoms with van der Waals surface area (Å²) in [6.07, 6.45) is 0.836. The Morgan fingerprint density at radius 3 is 2.18 bits per heavy atom. The predicted molar refractivity (Wildman–Crippen MR) is 86.4 cm³/mol. The highest BCUT2D eigenvalue weighted by atomic mass is 32.2. The van der Waals surface area contributed by atoms with Crippen LogP contribution in [0.2, 0.25) is 0 Å². The van der Waals surface area contributed by atoms with Crippen molar-refractivity contribution in [3.63, 3.8) is 0 Å². The molecule has 1 aliphatic heterocycles. The molecule has 0 aliphatic carbocycles. The van der Waals surface area contributed by atoms with Crippen LogP contribution in [-0.4, -0.2) is 46.7 Å². The molecule has 1 amide bonds. The molecule has 0 aromatic carbocycles. The molecule has 1 fully saturated rings. The van der Waals surface area contributed by atoms with Crippen LogP contribution in [0.4, 0.5) is 5.13 Å². The average molecular weight is 346 g/mol. The molecular formula is C13H22N4O3S2. The summed E-state index contributed by atoms with van der Waals surface area (Å²) in [5, 5.41) is 11.7. The van der Waals surface area contributed by atoms with Crippen molar-refractivity contribution in [2.45, 2.75) is 51.2 Å². The Kier molecular flexibility index (Phi) is 4.35. The standard InChI is InChI=1S/C13H22N4O3S2/c1-12(2,3)10-15-16-11(21-10)14-9(18)13(4,5)22(19,20)17-7-6-8-17/h6-8H2,1-5H3,(H,14,16,18). The van der Waals surface area contributed by atoms with Crippen LogP contribution in [0.15, 0.2) is 0 Å². The normalized spacial score (nSPS) is 17.1. The number of aromatic nitrogens is 2. The lowest BCUT2D eigenvalue weighted by Gasteiger charge is -2.36. The van der Waals surface area contributed by atoms with Crippen molar-refractivity contribution in [1.82, 2.24) is 14.5 Å². The van der Waals surface area contributed by atoms with Crippen LogP contribution in [0.25, 0.3) is 0 Å². The molecule has 1 aromatic rings. The zero-order chi connectivity index (χ0) is 16.8. The first kappa shape index (κ1) is 17.3. The first-order valence-corrected chi connectivity index (χ1v) is 9.37. The molecule has 1 aliphatic rings. The summed E-state index contributed by atoms with van der Waals surface area (Å²) in [5.41, 5.74) is -0.167. The number of rotatable bonds is 4. The average Bonchev–Trinajstić information content (AvgIpc) is 2.73. The summed E-state index contributed by atoms with van der Waals surface area (Å²) >= 11 is 1.26. The van der Waals surface area contributed by atoms with Gasteiger partial charge in [0.15, 0.2) is 4.75 Å². The van der Waals surface area contributed by atoms with Gasteiger partial charge in [-0.2, -0.15) is 0 Å².